The SMILES string of the molecule is O=C(CC1(O)CCCCC1)Nc1ccc2sncc2c1. The number of aromatic nitrogens is 1. The van der Waals surface area contributed by atoms with Gasteiger partial charge in [0.2, 0.25) is 5.91 Å². The molecular weight excluding hydrogens is 272 g/mol. The van der Waals surface area contributed by atoms with Crippen molar-refractivity contribution in [1.29, 1.82) is 0 Å². The van der Waals surface area contributed by atoms with Crippen LogP contribution in [0.25, 0.3) is 10.1 Å². The van der Waals surface area contributed by atoms with Gasteiger partial charge in [-0.25, -0.2) is 0 Å². The maximum atomic E-state index is 12.1. The van der Waals surface area contributed by atoms with Gasteiger partial charge in [0.25, 0.3) is 0 Å². The lowest BCUT2D eigenvalue weighted by atomic mass is 9.82. The van der Waals surface area contributed by atoms with Gasteiger partial charge < -0.3 is 10.4 Å². The van der Waals surface area contributed by atoms with E-state index in [-0.39, 0.29) is 12.3 Å². The summed E-state index contributed by atoms with van der Waals surface area (Å²) in [6.45, 7) is 0. The second kappa shape index (κ2) is 5.50. The first-order valence-corrected chi connectivity index (χ1v) is 7.79. The third kappa shape index (κ3) is 2.99. The third-order valence-electron chi connectivity index (χ3n) is 3.91. The van der Waals surface area contributed by atoms with Crippen molar-refractivity contribution in [3.8, 4) is 0 Å². The number of anilines is 1. The monoisotopic (exact) mass is 290 g/mol. The molecule has 3 rings (SSSR count). The number of rotatable bonds is 3. The summed E-state index contributed by atoms with van der Waals surface area (Å²) in [4.78, 5) is 12.1. The number of carbonyl (C=O) groups excluding carboxylic acids is 1. The number of amides is 1. The van der Waals surface area contributed by atoms with E-state index >= 15 is 0 Å². The summed E-state index contributed by atoms with van der Waals surface area (Å²) >= 11 is 1.44. The maximum Gasteiger partial charge on any atom is 0.227 e. The first kappa shape index (κ1) is 13.5. The van der Waals surface area contributed by atoms with Gasteiger partial charge in [-0.15, -0.1) is 0 Å². The lowest BCUT2D eigenvalue weighted by Crippen LogP contribution is -2.35. The van der Waals surface area contributed by atoms with Gasteiger partial charge in [-0.3, -0.25) is 4.79 Å². The third-order valence-corrected chi connectivity index (χ3v) is 4.69. The Morgan fingerprint density at radius 1 is 1.35 bits per heavy atom. The average Bonchev–Trinajstić information content (AvgIpc) is 2.86. The van der Waals surface area contributed by atoms with Crippen molar-refractivity contribution >= 4 is 33.2 Å². The Labute approximate surface area is 122 Å². The average molecular weight is 290 g/mol. The number of fused-ring (bicyclic) bond motifs is 1. The normalized spacial score (nSPS) is 18.1. The minimum atomic E-state index is -0.809. The van der Waals surface area contributed by atoms with E-state index in [2.05, 4.69) is 9.69 Å². The standard InChI is InChI=1S/C15H18N2O2S/c18-14(9-15(19)6-2-1-3-7-15)17-12-4-5-13-11(8-12)10-16-20-13/h4-5,8,10,19H,1-3,6-7,9H2,(H,17,18). The van der Waals surface area contributed by atoms with Gasteiger partial charge in [0.15, 0.2) is 0 Å². The second-order valence-corrected chi connectivity index (χ2v) is 6.42. The van der Waals surface area contributed by atoms with E-state index in [4.69, 9.17) is 0 Å². The summed E-state index contributed by atoms with van der Waals surface area (Å²) in [6, 6.07) is 5.75. The number of benzene rings is 1. The molecule has 2 N–H and O–H groups in total. The van der Waals surface area contributed by atoms with Crippen LogP contribution in [-0.2, 0) is 4.79 Å². The van der Waals surface area contributed by atoms with Crippen molar-refractivity contribution in [2.45, 2.75) is 44.1 Å². The number of hydrogen-bond acceptors (Lipinski definition) is 4. The van der Waals surface area contributed by atoms with E-state index in [1.165, 1.54) is 11.5 Å². The molecule has 0 bridgehead atoms. The Morgan fingerprint density at radius 2 is 2.15 bits per heavy atom. The molecule has 0 saturated heterocycles. The summed E-state index contributed by atoms with van der Waals surface area (Å²) in [6.07, 6.45) is 6.62. The minimum absolute atomic E-state index is 0.114. The molecule has 0 unspecified atom stereocenters. The van der Waals surface area contributed by atoms with Crippen LogP contribution in [0.15, 0.2) is 24.4 Å². The highest BCUT2D eigenvalue weighted by atomic mass is 32.1. The van der Waals surface area contributed by atoms with Crippen LogP contribution in [0, 0.1) is 0 Å². The van der Waals surface area contributed by atoms with Crippen molar-refractivity contribution in [2.75, 3.05) is 5.32 Å². The van der Waals surface area contributed by atoms with Crippen LogP contribution in [0.4, 0.5) is 5.69 Å². The number of aliphatic hydroxyl groups is 1. The van der Waals surface area contributed by atoms with Crippen LogP contribution >= 0.6 is 11.5 Å². The fourth-order valence-electron chi connectivity index (χ4n) is 2.84. The molecule has 106 valence electrons. The summed E-state index contributed by atoms with van der Waals surface area (Å²) in [7, 11) is 0. The maximum absolute atomic E-state index is 12.1. The molecule has 0 spiro atoms. The Kier molecular flexibility index (Phi) is 3.72. The zero-order valence-electron chi connectivity index (χ0n) is 11.3. The minimum Gasteiger partial charge on any atom is -0.389 e. The van der Waals surface area contributed by atoms with Gasteiger partial charge in [-0.2, -0.15) is 4.37 Å². The number of hydrogen-bond donors (Lipinski definition) is 2. The van der Waals surface area contributed by atoms with Crippen LogP contribution in [-0.4, -0.2) is 21.0 Å². The highest BCUT2D eigenvalue weighted by Gasteiger charge is 2.31. The summed E-state index contributed by atoms with van der Waals surface area (Å²) in [5.41, 5.74) is -0.0433. The zero-order valence-corrected chi connectivity index (χ0v) is 12.1. The molecule has 5 heteroatoms. The fourth-order valence-corrected chi connectivity index (χ4v) is 3.47. The molecule has 1 aromatic carbocycles. The number of nitrogens with one attached hydrogen (secondary N) is 1. The van der Waals surface area contributed by atoms with Crippen LogP contribution < -0.4 is 5.32 Å². The Hall–Kier alpha value is -1.46. The Bertz CT molecular complexity index is 617. The first-order valence-electron chi connectivity index (χ1n) is 7.01. The molecular formula is C15H18N2O2S. The van der Waals surface area contributed by atoms with E-state index in [1.807, 2.05) is 18.2 Å². The van der Waals surface area contributed by atoms with Crippen LogP contribution in [0.1, 0.15) is 38.5 Å². The van der Waals surface area contributed by atoms with Crippen molar-refractivity contribution in [2.24, 2.45) is 0 Å². The van der Waals surface area contributed by atoms with E-state index in [9.17, 15) is 9.90 Å². The topological polar surface area (TPSA) is 62.2 Å². The molecule has 20 heavy (non-hydrogen) atoms. The largest absolute Gasteiger partial charge is 0.389 e. The Morgan fingerprint density at radius 3 is 2.95 bits per heavy atom. The summed E-state index contributed by atoms with van der Waals surface area (Å²) in [5.74, 6) is -0.114. The van der Waals surface area contributed by atoms with Gasteiger partial charge in [0.05, 0.1) is 16.7 Å². The molecule has 1 heterocycles. The Balaban J connectivity index is 1.65. The quantitative estimate of drug-likeness (QED) is 0.911. The molecule has 0 radical (unpaired) electrons. The van der Waals surface area contributed by atoms with Gasteiger partial charge in [-0.1, -0.05) is 19.3 Å². The predicted octanol–water partition coefficient (Wildman–Crippen LogP) is 3.32. The molecule has 1 amide bonds. The van der Waals surface area contributed by atoms with Gasteiger partial charge >= 0.3 is 0 Å². The molecule has 0 aliphatic heterocycles. The lowest BCUT2D eigenvalue weighted by molar-refractivity contribution is -0.122. The van der Waals surface area contributed by atoms with Crippen molar-refractivity contribution < 1.29 is 9.90 Å². The molecule has 1 saturated carbocycles. The van der Waals surface area contributed by atoms with E-state index in [0.29, 0.717) is 0 Å². The van der Waals surface area contributed by atoms with E-state index in [0.717, 1.165) is 47.9 Å². The van der Waals surface area contributed by atoms with Gasteiger partial charge in [-0.05, 0) is 42.6 Å². The predicted molar refractivity (Wildman–Crippen MR) is 80.9 cm³/mol. The van der Waals surface area contributed by atoms with E-state index < -0.39 is 5.60 Å². The molecule has 1 aromatic heterocycles. The molecule has 0 atom stereocenters. The van der Waals surface area contributed by atoms with Crippen molar-refractivity contribution in [1.82, 2.24) is 4.37 Å². The highest BCUT2D eigenvalue weighted by molar-refractivity contribution is 7.13. The van der Waals surface area contributed by atoms with Crippen LogP contribution in [0.2, 0.25) is 0 Å². The zero-order chi connectivity index (χ0) is 14.0. The molecule has 1 fully saturated rings. The second-order valence-electron chi connectivity index (χ2n) is 5.59. The highest BCUT2D eigenvalue weighted by Crippen LogP contribution is 2.31. The van der Waals surface area contributed by atoms with E-state index in [1.54, 1.807) is 6.20 Å². The summed E-state index contributed by atoms with van der Waals surface area (Å²) < 4.78 is 5.22. The number of nitrogens with zero attached hydrogens (tertiary/aromatic N) is 1. The molecule has 2 aromatic rings. The lowest BCUT2D eigenvalue weighted by Gasteiger charge is -2.31. The van der Waals surface area contributed by atoms with Gasteiger partial charge in [0, 0.05) is 17.3 Å². The molecule has 1 aliphatic rings. The first-order chi connectivity index (χ1) is 9.65. The smallest absolute Gasteiger partial charge is 0.227 e. The molecule has 4 nitrogen and oxygen atoms in total. The van der Waals surface area contributed by atoms with Crippen LogP contribution in [0.3, 0.4) is 0 Å². The number of carbonyl (C=O) groups is 1. The summed E-state index contributed by atoms with van der Waals surface area (Å²) in [5, 5.41) is 14.3. The van der Waals surface area contributed by atoms with Crippen molar-refractivity contribution in [3.05, 3.63) is 24.4 Å². The molecule has 1 aliphatic carbocycles. The fraction of sp³-hybridized carbons (Fsp3) is 0.467. The van der Waals surface area contributed by atoms with Crippen LogP contribution in [0.5, 0.6) is 0 Å². The van der Waals surface area contributed by atoms with Crippen molar-refractivity contribution in [3.63, 3.8) is 0 Å². The van der Waals surface area contributed by atoms with Gasteiger partial charge in [0.1, 0.15) is 0 Å².